The molecule has 0 saturated carbocycles. The Hall–Kier alpha value is -3.42. The summed E-state index contributed by atoms with van der Waals surface area (Å²) in [5, 5.41) is 17.9. The van der Waals surface area contributed by atoms with Crippen LogP contribution in [-0.2, 0) is 22.4 Å². The second-order valence-electron chi connectivity index (χ2n) is 6.34. The van der Waals surface area contributed by atoms with E-state index in [0.29, 0.717) is 12.4 Å². The van der Waals surface area contributed by atoms with Crippen LogP contribution in [0, 0.1) is 5.92 Å². The molecule has 0 atom stereocenters. The van der Waals surface area contributed by atoms with Crippen LogP contribution in [0.3, 0.4) is 0 Å². The summed E-state index contributed by atoms with van der Waals surface area (Å²) in [6, 6.07) is 5.63. The van der Waals surface area contributed by atoms with Crippen molar-refractivity contribution in [2.24, 2.45) is 5.92 Å². The molecule has 0 bridgehead atoms. The van der Waals surface area contributed by atoms with Crippen LogP contribution >= 0.6 is 0 Å². The summed E-state index contributed by atoms with van der Waals surface area (Å²) in [7, 11) is 1.63. The number of anilines is 2. The normalized spacial score (nSPS) is 13.1. The number of fused-ring (bicyclic) bond motifs is 1. The second kappa shape index (κ2) is 8.51. The number of aliphatic carboxylic acids is 2. The average Bonchev–Trinajstić information content (AvgIpc) is 3.13. The number of hydrogen-bond acceptors (Lipinski definition) is 6. The third-order valence-corrected chi connectivity index (χ3v) is 4.66. The highest BCUT2D eigenvalue weighted by Gasteiger charge is 2.28. The molecule has 2 heterocycles. The molecule has 0 saturated heterocycles. The van der Waals surface area contributed by atoms with Gasteiger partial charge in [-0.15, -0.1) is 0 Å². The highest BCUT2D eigenvalue weighted by atomic mass is 16.5. The fourth-order valence-electron chi connectivity index (χ4n) is 3.32. The van der Waals surface area contributed by atoms with E-state index in [0.717, 1.165) is 35.5 Å². The van der Waals surface area contributed by atoms with Crippen molar-refractivity contribution < 1.29 is 24.5 Å². The Morgan fingerprint density at radius 2 is 1.93 bits per heavy atom. The van der Waals surface area contributed by atoms with Crippen molar-refractivity contribution in [3.8, 4) is 5.75 Å². The van der Waals surface area contributed by atoms with Crippen LogP contribution in [0.15, 0.2) is 42.7 Å². The van der Waals surface area contributed by atoms with Gasteiger partial charge in [-0.05, 0) is 37.0 Å². The Kier molecular flexibility index (Phi) is 5.88. The Bertz CT molecular complexity index is 884. The number of aromatic nitrogens is 2. The van der Waals surface area contributed by atoms with Gasteiger partial charge in [-0.1, -0.05) is 18.2 Å². The van der Waals surface area contributed by atoms with Crippen molar-refractivity contribution in [1.82, 2.24) is 9.97 Å². The SMILES string of the molecule is COc1ccc(C/C=C/CC(C(=O)O)C(=O)O)c2c1CCN2c1ncccn1. The number of allylic oxidation sites excluding steroid dienone is 2. The van der Waals surface area contributed by atoms with Gasteiger partial charge in [0.15, 0.2) is 5.92 Å². The number of ether oxygens (including phenoxy) is 1. The molecule has 28 heavy (non-hydrogen) atoms. The fourth-order valence-corrected chi connectivity index (χ4v) is 3.32. The molecule has 1 aliphatic heterocycles. The molecular formula is C20H21N3O5. The van der Waals surface area contributed by atoms with Crippen LogP contribution in [0.5, 0.6) is 5.75 Å². The summed E-state index contributed by atoms with van der Waals surface area (Å²) in [6.45, 7) is 0.733. The van der Waals surface area contributed by atoms with Gasteiger partial charge in [0.25, 0.3) is 0 Å². The van der Waals surface area contributed by atoms with E-state index in [-0.39, 0.29) is 6.42 Å². The first-order valence-electron chi connectivity index (χ1n) is 8.86. The quantitative estimate of drug-likeness (QED) is 0.528. The Balaban J connectivity index is 1.85. The number of rotatable bonds is 8. The lowest BCUT2D eigenvalue weighted by Gasteiger charge is -2.20. The van der Waals surface area contributed by atoms with E-state index in [9.17, 15) is 9.59 Å². The molecule has 2 aromatic rings. The maximum Gasteiger partial charge on any atom is 0.318 e. The molecule has 8 heteroatoms. The van der Waals surface area contributed by atoms with Crippen molar-refractivity contribution in [3.05, 3.63) is 53.9 Å². The second-order valence-corrected chi connectivity index (χ2v) is 6.34. The van der Waals surface area contributed by atoms with Crippen LogP contribution in [0.1, 0.15) is 17.5 Å². The zero-order valence-electron chi connectivity index (χ0n) is 15.4. The van der Waals surface area contributed by atoms with Crippen LogP contribution in [-0.4, -0.2) is 45.8 Å². The molecule has 0 fully saturated rings. The van der Waals surface area contributed by atoms with E-state index in [1.54, 1.807) is 37.7 Å². The third kappa shape index (κ3) is 3.95. The van der Waals surface area contributed by atoms with Crippen LogP contribution in [0.4, 0.5) is 11.6 Å². The minimum absolute atomic E-state index is 0.0610. The predicted molar refractivity (Wildman–Crippen MR) is 102 cm³/mol. The molecular weight excluding hydrogens is 362 g/mol. The van der Waals surface area contributed by atoms with Crippen molar-refractivity contribution in [2.75, 3.05) is 18.6 Å². The first-order valence-corrected chi connectivity index (χ1v) is 8.86. The van der Waals surface area contributed by atoms with E-state index >= 15 is 0 Å². The molecule has 3 rings (SSSR count). The summed E-state index contributed by atoms with van der Waals surface area (Å²) in [5.74, 6) is -2.70. The molecule has 0 spiro atoms. The lowest BCUT2D eigenvalue weighted by atomic mass is 10.0. The predicted octanol–water partition coefficient (Wildman–Crippen LogP) is 2.45. The molecule has 1 aromatic carbocycles. The van der Waals surface area contributed by atoms with Crippen molar-refractivity contribution in [3.63, 3.8) is 0 Å². The van der Waals surface area contributed by atoms with Crippen LogP contribution < -0.4 is 9.64 Å². The largest absolute Gasteiger partial charge is 0.496 e. The lowest BCUT2D eigenvalue weighted by Crippen LogP contribution is -2.22. The van der Waals surface area contributed by atoms with Gasteiger partial charge in [0, 0.05) is 24.5 Å². The summed E-state index contributed by atoms with van der Waals surface area (Å²) in [4.78, 5) is 32.7. The van der Waals surface area contributed by atoms with Gasteiger partial charge in [0.2, 0.25) is 5.95 Å². The van der Waals surface area contributed by atoms with Gasteiger partial charge in [0.05, 0.1) is 12.8 Å². The lowest BCUT2D eigenvalue weighted by molar-refractivity contribution is -0.154. The number of nitrogens with zero attached hydrogens (tertiary/aromatic N) is 3. The van der Waals surface area contributed by atoms with Gasteiger partial charge in [-0.25, -0.2) is 9.97 Å². The maximum absolute atomic E-state index is 11.0. The van der Waals surface area contributed by atoms with E-state index in [1.807, 2.05) is 17.0 Å². The van der Waals surface area contributed by atoms with Gasteiger partial charge in [-0.2, -0.15) is 0 Å². The molecule has 0 unspecified atom stereocenters. The van der Waals surface area contributed by atoms with Crippen LogP contribution in [0.2, 0.25) is 0 Å². The minimum Gasteiger partial charge on any atom is -0.496 e. The minimum atomic E-state index is -1.44. The number of carboxylic acid groups (broad SMARTS) is 2. The zero-order valence-corrected chi connectivity index (χ0v) is 15.4. The van der Waals surface area contributed by atoms with Gasteiger partial charge in [0.1, 0.15) is 5.75 Å². The molecule has 0 aliphatic carbocycles. The van der Waals surface area contributed by atoms with E-state index in [4.69, 9.17) is 14.9 Å². The van der Waals surface area contributed by atoms with Gasteiger partial charge >= 0.3 is 11.9 Å². The third-order valence-electron chi connectivity index (χ3n) is 4.66. The van der Waals surface area contributed by atoms with Crippen LogP contribution in [0.25, 0.3) is 0 Å². The number of carboxylic acids is 2. The smallest absolute Gasteiger partial charge is 0.318 e. The van der Waals surface area contributed by atoms with Crippen molar-refractivity contribution in [2.45, 2.75) is 19.3 Å². The highest BCUT2D eigenvalue weighted by Crippen LogP contribution is 2.41. The topological polar surface area (TPSA) is 113 Å². The van der Waals surface area contributed by atoms with E-state index < -0.39 is 17.9 Å². The number of benzene rings is 1. The maximum atomic E-state index is 11.0. The number of carbonyl (C=O) groups is 2. The summed E-state index contributed by atoms with van der Waals surface area (Å²) >= 11 is 0. The van der Waals surface area contributed by atoms with E-state index in [2.05, 4.69) is 9.97 Å². The Labute approximate surface area is 162 Å². The zero-order chi connectivity index (χ0) is 20.1. The molecule has 2 N–H and O–H groups in total. The molecule has 146 valence electrons. The highest BCUT2D eigenvalue weighted by molar-refractivity contribution is 5.93. The fraction of sp³-hybridized carbons (Fsp3) is 0.300. The molecule has 0 amide bonds. The average molecular weight is 383 g/mol. The van der Waals surface area contributed by atoms with Crippen molar-refractivity contribution >= 4 is 23.6 Å². The first kappa shape index (κ1) is 19.3. The molecule has 8 nitrogen and oxygen atoms in total. The molecule has 1 aliphatic rings. The number of methoxy groups -OCH3 is 1. The first-order chi connectivity index (χ1) is 13.5. The van der Waals surface area contributed by atoms with Gasteiger partial charge < -0.3 is 19.8 Å². The Morgan fingerprint density at radius 3 is 2.57 bits per heavy atom. The van der Waals surface area contributed by atoms with E-state index in [1.165, 1.54) is 0 Å². The summed E-state index contributed by atoms with van der Waals surface area (Å²) < 4.78 is 5.49. The molecule has 0 radical (unpaired) electrons. The number of hydrogen-bond donors (Lipinski definition) is 2. The monoisotopic (exact) mass is 383 g/mol. The van der Waals surface area contributed by atoms with Crippen molar-refractivity contribution in [1.29, 1.82) is 0 Å². The summed E-state index contributed by atoms with van der Waals surface area (Å²) in [5.41, 5.74) is 3.08. The standard InChI is InChI=1S/C20H21N3O5/c1-28-16-8-7-13(5-2-3-6-15(18(24)25)19(26)27)17-14(16)9-12-23(17)20-21-10-4-11-22-20/h2-4,7-8,10-11,15H,5-6,9,12H2,1H3,(H,24,25)(H,26,27)/b3-2+. The summed E-state index contributed by atoms with van der Waals surface area (Å²) in [6.07, 6.45) is 8.05. The van der Waals surface area contributed by atoms with Gasteiger partial charge in [-0.3, -0.25) is 9.59 Å². The molecule has 1 aromatic heterocycles. The Morgan fingerprint density at radius 1 is 1.21 bits per heavy atom.